The minimum atomic E-state index is 0.223. The molecule has 1 N–H and O–H groups in total. The van der Waals surface area contributed by atoms with E-state index in [0.29, 0.717) is 17.8 Å². The first-order valence-corrected chi connectivity index (χ1v) is 7.53. The molecule has 0 heterocycles. The Labute approximate surface area is 108 Å². The summed E-state index contributed by atoms with van der Waals surface area (Å²) in [5.74, 6) is 0.836. The van der Waals surface area contributed by atoms with Gasteiger partial charge in [-0.1, -0.05) is 42.6 Å². The Morgan fingerprint density at radius 1 is 1.38 bits per heavy atom. The molecule has 16 heavy (non-hydrogen) atoms. The van der Waals surface area contributed by atoms with Gasteiger partial charge in [-0.2, -0.15) is 0 Å². The maximum atomic E-state index is 11.6. The standard InChI is InChI=1S/C13H24BrNO/c1-11(2)5-6-12(16)15-10-13(9-14)7-3-4-8-13/h11H,3-10H2,1-2H3,(H,15,16). The van der Waals surface area contributed by atoms with Crippen LogP contribution in [0.25, 0.3) is 0 Å². The van der Waals surface area contributed by atoms with E-state index >= 15 is 0 Å². The number of hydrogen-bond acceptors (Lipinski definition) is 1. The van der Waals surface area contributed by atoms with Gasteiger partial charge >= 0.3 is 0 Å². The van der Waals surface area contributed by atoms with Crippen LogP contribution in [0, 0.1) is 11.3 Å². The smallest absolute Gasteiger partial charge is 0.220 e. The van der Waals surface area contributed by atoms with Crippen molar-refractivity contribution in [3.05, 3.63) is 0 Å². The van der Waals surface area contributed by atoms with Crippen LogP contribution in [0.4, 0.5) is 0 Å². The summed E-state index contributed by atoms with van der Waals surface area (Å²) in [4.78, 5) is 11.6. The van der Waals surface area contributed by atoms with Crippen molar-refractivity contribution in [3.8, 4) is 0 Å². The maximum Gasteiger partial charge on any atom is 0.220 e. The third kappa shape index (κ3) is 4.44. The molecule has 2 nitrogen and oxygen atoms in total. The molecule has 1 saturated carbocycles. The molecule has 0 saturated heterocycles. The minimum absolute atomic E-state index is 0.223. The van der Waals surface area contributed by atoms with Crippen LogP contribution in [0.1, 0.15) is 52.4 Å². The van der Waals surface area contributed by atoms with Crippen molar-refractivity contribution in [2.24, 2.45) is 11.3 Å². The molecule has 1 aliphatic carbocycles. The number of nitrogens with one attached hydrogen (secondary N) is 1. The molecule has 1 rings (SSSR count). The van der Waals surface area contributed by atoms with Gasteiger partial charge in [-0.3, -0.25) is 4.79 Å². The van der Waals surface area contributed by atoms with Crippen LogP contribution in [0.5, 0.6) is 0 Å². The van der Waals surface area contributed by atoms with Crippen molar-refractivity contribution in [1.29, 1.82) is 0 Å². The van der Waals surface area contributed by atoms with E-state index in [4.69, 9.17) is 0 Å². The second-order valence-electron chi connectivity index (χ2n) is 5.55. The predicted molar refractivity (Wildman–Crippen MR) is 71.8 cm³/mol. The highest BCUT2D eigenvalue weighted by atomic mass is 79.9. The van der Waals surface area contributed by atoms with Crippen molar-refractivity contribution in [3.63, 3.8) is 0 Å². The molecule has 0 aromatic heterocycles. The van der Waals surface area contributed by atoms with Crippen molar-refractivity contribution < 1.29 is 4.79 Å². The number of hydrogen-bond donors (Lipinski definition) is 1. The highest BCUT2D eigenvalue weighted by Gasteiger charge is 2.32. The van der Waals surface area contributed by atoms with Crippen molar-refractivity contribution in [2.45, 2.75) is 52.4 Å². The summed E-state index contributed by atoms with van der Waals surface area (Å²) in [5, 5.41) is 4.12. The van der Waals surface area contributed by atoms with E-state index in [2.05, 4.69) is 35.1 Å². The topological polar surface area (TPSA) is 29.1 Å². The Bertz CT molecular complexity index is 222. The van der Waals surface area contributed by atoms with Gasteiger partial charge in [0.2, 0.25) is 5.91 Å². The Morgan fingerprint density at radius 3 is 2.50 bits per heavy atom. The third-order valence-corrected chi connectivity index (χ3v) is 4.75. The van der Waals surface area contributed by atoms with E-state index in [1.165, 1.54) is 25.7 Å². The molecule has 1 aliphatic rings. The maximum absolute atomic E-state index is 11.6. The monoisotopic (exact) mass is 289 g/mol. The third-order valence-electron chi connectivity index (χ3n) is 3.56. The SMILES string of the molecule is CC(C)CCC(=O)NCC1(CBr)CCCC1. The highest BCUT2D eigenvalue weighted by Crippen LogP contribution is 2.38. The van der Waals surface area contributed by atoms with Crippen LogP contribution < -0.4 is 5.32 Å². The van der Waals surface area contributed by atoms with Gasteiger partial charge in [-0.15, -0.1) is 0 Å². The van der Waals surface area contributed by atoms with E-state index in [1.807, 2.05) is 0 Å². The van der Waals surface area contributed by atoms with Crippen molar-refractivity contribution in [2.75, 3.05) is 11.9 Å². The molecule has 0 radical (unpaired) electrons. The lowest BCUT2D eigenvalue weighted by Gasteiger charge is -2.26. The number of halogens is 1. The van der Waals surface area contributed by atoms with Gasteiger partial charge in [0.25, 0.3) is 0 Å². The number of rotatable bonds is 6. The van der Waals surface area contributed by atoms with Crippen molar-refractivity contribution in [1.82, 2.24) is 5.32 Å². The molecule has 0 spiro atoms. The Morgan fingerprint density at radius 2 is 2.00 bits per heavy atom. The Hall–Kier alpha value is -0.0500. The summed E-state index contributed by atoms with van der Waals surface area (Å²) in [6.07, 6.45) is 6.80. The highest BCUT2D eigenvalue weighted by molar-refractivity contribution is 9.09. The largest absolute Gasteiger partial charge is 0.356 e. The van der Waals surface area contributed by atoms with Crippen LogP contribution in [0.15, 0.2) is 0 Å². The van der Waals surface area contributed by atoms with Gasteiger partial charge in [0.15, 0.2) is 0 Å². The molecule has 1 fully saturated rings. The van der Waals surface area contributed by atoms with Crippen LogP contribution in [0.3, 0.4) is 0 Å². The second kappa shape index (κ2) is 6.63. The second-order valence-corrected chi connectivity index (χ2v) is 6.11. The molecule has 0 unspecified atom stereocenters. The lowest BCUT2D eigenvalue weighted by molar-refractivity contribution is -0.121. The first-order valence-electron chi connectivity index (χ1n) is 6.41. The molecule has 0 atom stereocenters. The number of alkyl halides is 1. The van der Waals surface area contributed by atoms with E-state index in [9.17, 15) is 4.79 Å². The Kier molecular flexibility index (Phi) is 5.81. The summed E-state index contributed by atoms with van der Waals surface area (Å²) in [5.41, 5.74) is 0.341. The van der Waals surface area contributed by atoms with Gasteiger partial charge in [0, 0.05) is 18.3 Å². The Balaban J connectivity index is 2.24. The zero-order valence-corrected chi connectivity index (χ0v) is 12.1. The molecule has 1 amide bonds. The van der Waals surface area contributed by atoms with E-state index in [-0.39, 0.29) is 5.91 Å². The molecule has 0 aromatic carbocycles. The zero-order chi connectivity index (χ0) is 12.0. The molecular formula is C13H24BrNO. The predicted octanol–water partition coefficient (Wildman–Crippen LogP) is 3.49. The summed E-state index contributed by atoms with van der Waals surface area (Å²) < 4.78 is 0. The summed E-state index contributed by atoms with van der Waals surface area (Å²) in [6, 6.07) is 0. The average molecular weight is 290 g/mol. The van der Waals surface area contributed by atoms with Gasteiger partial charge in [0.05, 0.1) is 0 Å². The van der Waals surface area contributed by atoms with Crippen LogP contribution in [-0.2, 0) is 4.79 Å². The molecule has 0 aliphatic heterocycles. The molecule has 94 valence electrons. The minimum Gasteiger partial charge on any atom is -0.356 e. The summed E-state index contributed by atoms with van der Waals surface area (Å²) in [7, 11) is 0. The summed E-state index contributed by atoms with van der Waals surface area (Å²) in [6.45, 7) is 5.17. The lowest BCUT2D eigenvalue weighted by Crippen LogP contribution is -2.37. The van der Waals surface area contributed by atoms with E-state index in [1.54, 1.807) is 0 Å². The normalized spacial score (nSPS) is 19.0. The fraction of sp³-hybridized carbons (Fsp3) is 0.923. The fourth-order valence-electron chi connectivity index (χ4n) is 2.28. The van der Waals surface area contributed by atoms with Gasteiger partial charge in [0.1, 0.15) is 0 Å². The van der Waals surface area contributed by atoms with Gasteiger partial charge < -0.3 is 5.32 Å². The van der Waals surface area contributed by atoms with Crippen molar-refractivity contribution >= 4 is 21.8 Å². The zero-order valence-electron chi connectivity index (χ0n) is 10.5. The van der Waals surface area contributed by atoms with E-state index in [0.717, 1.165) is 18.3 Å². The molecule has 3 heteroatoms. The molecule has 0 bridgehead atoms. The van der Waals surface area contributed by atoms with Crippen LogP contribution in [-0.4, -0.2) is 17.8 Å². The fourth-order valence-corrected chi connectivity index (χ4v) is 3.04. The summed E-state index contributed by atoms with van der Waals surface area (Å²) >= 11 is 3.59. The lowest BCUT2D eigenvalue weighted by atomic mass is 9.89. The molecular weight excluding hydrogens is 266 g/mol. The van der Waals surface area contributed by atoms with E-state index < -0.39 is 0 Å². The number of carbonyl (C=O) groups is 1. The number of amides is 1. The molecule has 0 aromatic rings. The first-order chi connectivity index (χ1) is 7.58. The van der Waals surface area contributed by atoms with Gasteiger partial charge in [-0.25, -0.2) is 0 Å². The van der Waals surface area contributed by atoms with Gasteiger partial charge in [-0.05, 0) is 30.6 Å². The first kappa shape index (κ1) is 14.0. The average Bonchev–Trinajstić information content (AvgIpc) is 2.73. The quantitative estimate of drug-likeness (QED) is 0.745. The van der Waals surface area contributed by atoms with Crippen LogP contribution >= 0.6 is 15.9 Å². The number of carbonyl (C=O) groups excluding carboxylic acids is 1. The van der Waals surface area contributed by atoms with Crippen LogP contribution in [0.2, 0.25) is 0 Å².